The van der Waals surface area contributed by atoms with Crippen molar-refractivity contribution >= 4 is 27.6 Å². The molecular formula is C18H15ClFNO4S. The number of fused-ring (bicyclic) bond motifs is 2. The van der Waals surface area contributed by atoms with E-state index in [1.54, 1.807) is 24.3 Å². The van der Waals surface area contributed by atoms with E-state index in [9.17, 15) is 17.6 Å². The zero-order valence-corrected chi connectivity index (χ0v) is 15.2. The lowest BCUT2D eigenvalue weighted by molar-refractivity contribution is -0.0345. The Morgan fingerprint density at radius 2 is 1.96 bits per heavy atom. The fourth-order valence-electron chi connectivity index (χ4n) is 3.62. The minimum absolute atomic E-state index is 0.0209. The Hall–Kier alpha value is -1.96. The Morgan fingerprint density at radius 1 is 1.19 bits per heavy atom. The van der Waals surface area contributed by atoms with Crippen LogP contribution in [0.2, 0.25) is 5.02 Å². The van der Waals surface area contributed by atoms with Crippen molar-refractivity contribution in [3.05, 3.63) is 64.4 Å². The zero-order chi connectivity index (χ0) is 18.5. The van der Waals surface area contributed by atoms with Gasteiger partial charge in [0.05, 0.1) is 22.0 Å². The number of carbonyl (C=O) groups excluding carboxylic acids is 1. The number of benzene rings is 2. The van der Waals surface area contributed by atoms with Crippen LogP contribution in [-0.2, 0) is 20.4 Å². The first-order chi connectivity index (χ1) is 12.3. The fraction of sp³-hybridized carbons (Fsp3) is 0.278. The summed E-state index contributed by atoms with van der Waals surface area (Å²) in [4.78, 5) is 12.1. The van der Waals surface area contributed by atoms with E-state index in [0.717, 1.165) is 12.1 Å². The van der Waals surface area contributed by atoms with Crippen LogP contribution in [0.5, 0.6) is 0 Å². The van der Waals surface area contributed by atoms with Crippen LogP contribution in [0.3, 0.4) is 0 Å². The van der Waals surface area contributed by atoms with Crippen molar-refractivity contribution in [2.45, 2.75) is 23.3 Å². The molecule has 1 spiro atoms. The third kappa shape index (κ3) is 2.62. The van der Waals surface area contributed by atoms with Crippen LogP contribution in [0.1, 0.15) is 28.8 Å². The highest BCUT2D eigenvalue weighted by Gasteiger charge is 2.50. The Kier molecular flexibility index (Phi) is 4.06. The molecule has 1 saturated heterocycles. The monoisotopic (exact) mass is 395 g/mol. The summed E-state index contributed by atoms with van der Waals surface area (Å²) in [5, 5.41) is -0.254. The van der Waals surface area contributed by atoms with E-state index in [1.165, 1.54) is 10.4 Å². The molecule has 8 heteroatoms. The molecule has 2 aliphatic heterocycles. The van der Waals surface area contributed by atoms with Gasteiger partial charge in [0.25, 0.3) is 0 Å². The first-order valence-corrected chi connectivity index (χ1v) is 9.93. The number of rotatable bonds is 2. The second-order valence-corrected chi connectivity index (χ2v) is 8.79. The summed E-state index contributed by atoms with van der Waals surface area (Å²) in [6.07, 6.45) is 1.09. The summed E-state index contributed by atoms with van der Waals surface area (Å²) in [5.74, 6) is -1.12. The highest BCUT2D eigenvalue weighted by molar-refractivity contribution is 7.89. The Labute approximate surface area is 155 Å². The van der Waals surface area contributed by atoms with Gasteiger partial charge >= 0.3 is 5.97 Å². The van der Waals surface area contributed by atoms with E-state index < -0.39 is 27.4 Å². The lowest BCUT2D eigenvalue weighted by Crippen LogP contribution is -2.48. The molecule has 1 atom stereocenters. The van der Waals surface area contributed by atoms with Crippen LogP contribution in [-0.4, -0.2) is 31.8 Å². The molecule has 2 aliphatic rings. The van der Waals surface area contributed by atoms with Gasteiger partial charge in [0.15, 0.2) is 5.60 Å². The molecule has 0 bridgehead atoms. The Morgan fingerprint density at radius 3 is 2.73 bits per heavy atom. The molecule has 136 valence electrons. The standard InChI is InChI=1S/C18H15ClFNO4S/c19-15-10-12(6-7-16(15)20)26(23,24)21-9-3-8-18(11-21)14-5-2-1-4-13(14)17(22)25-18/h1-2,4-7,10H,3,8-9,11H2/t18-/m1/s1. The molecule has 4 rings (SSSR count). The third-order valence-corrected chi connectivity index (χ3v) is 7.01. The molecule has 0 saturated carbocycles. The zero-order valence-electron chi connectivity index (χ0n) is 13.6. The average molecular weight is 396 g/mol. The van der Waals surface area contributed by atoms with E-state index in [4.69, 9.17) is 16.3 Å². The van der Waals surface area contributed by atoms with Crippen molar-refractivity contribution in [3.8, 4) is 0 Å². The number of piperidine rings is 1. The normalized spacial score (nSPS) is 23.1. The van der Waals surface area contributed by atoms with Gasteiger partial charge < -0.3 is 4.74 Å². The third-order valence-electron chi connectivity index (χ3n) is 4.87. The van der Waals surface area contributed by atoms with E-state index in [1.807, 2.05) is 0 Å². The van der Waals surface area contributed by atoms with Gasteiger partial charge in [-0.2, -0.15) is 4.31 Å². The molecule has 1 fully saturated rings. The van der Waals surface area contributed by atoms with Gasteiger partial charge in [-0.25, -0.2) is 17.6 Å². The molecule has 26 heavy (non-hydrogen) atoms. The average Bonchev–Trinajstić information content (AvgIpc) is 2.89. The molecular weight excluding hydrogens is 381 g/mol. The molecule has 0 N–H and O–H groups in total. The van der Waals surface area contributed by atoms with E-state index in [2.05, 4.69) is 0 Å². The number of carbonyl (C=O) groups is 1. The summed E-state index contributed by atoms with van der Waals surface area (Å²) in [6.45, 7) is 0.311. The molecule has 0 amide bonds. The maximum atomic E-state index is 13.4. The largest absolute Gasteiger partial charge is 0.449 e. The van der Waals surface area contributed by atoms with Gasteiger partial charge in [0.1, 0.15) is 5.82 Å². The van der Waals surface area contributed by atoms with Gasteiger partial charge in [-0.1, -0.05) is 29.8 Å². The first-order valence-electron chi connectivity index (χ1n) is 8.12. The van der Waals surface area contributed by atoms with Crippen molar-refractivity contribution in [3.63, 3.8) is 0 Å². The number of esters is 1. The fourth-order valence-corrected chi connectivity index (χ4v) is 5.42. The lowest BCUT2D eigenvalue weighted by Gasteiger charge is -2.38. The summed E-state index contributed by atoms with van der Waals surface area (Å²) in [6, 6.07) is 10.3. The molecule has 0 aromatic heterocycles. The van der Waals surface area contributed by atoms with Gasteiger partial charge in [0.2, 0.25) is 10.0 Å². The predicted octanol–water partition coefficient (Wildman–Crippen LogP) is 3.33. The number of hydrogen-bond donors (Lipinski definition) is 0. The van der Waals surface area contributed by atoms with Crippen molar-refractivity contribution in [2.75, 3.05) is 13.1 Å². The van der Waals surface area contributed by atoms with Crippen LogP contribution < -0.4 is 0 Å². The minimum atomic E-state index is -3.89. The molecule has 0 radical (unpaired) electrons. The maximum absolute atomic E-state index is 13.4. The Bertz CT molecular complexity index is 1010. The van der Waals surface area contributed by atoms with Gasteiger partial charge in [-0.05, 0) is 37.1 Å². The minimum Gasteiger partial charge on any atom is -0.449 e. The number of ether oxygens (including phenoxy) is 1. The quantitative estimate of drug-likeness (QED) is 0.732. The summed E-state index contributed by atoms with van der Waals surface area (Å²) >= 11 is 5.74. The molecule has 2 heterocycles. The van der Waals surface area contributed by atoms with Crippen molar-refractivity contribution in [1.29, 1.82) is 0 Å². The van der Waals surface area contributed by atoms with E-state index in [-0.39, 0.29) is 16.5 Å². The van der Waals surface area contributed by atoms with E-state index in [0.29, 0.717) is 30.5 Å². The predicted molar refractivity (Wildman–Crippen MR) is 92.9 cm³/mol. The number of halogens is 2. The molecule has 2 aromatic rings. The van der Waals surface area contributed by atoms with Crippen LogP contribution in [0.15, 0.2) is 47.4 Å². The topological polar surface area (TPSA) is 63.7 Å². The second kappa shape index (κ2) is 6.04. The number of nitrogens with zero attached hydrogens (tertiary/aromatic N) is 1. The smallest absolute Gasteiger partial charge is 0.339 e. The van der Waals surface area contributed by atoms with Crippen LogP contribution in [0, 0.1) is 5.82 Å². The molecule has 0 unspecified atom stereocenters. The summed E-state index contributed by atoms with van der Waals surface area (Å²) in [5.41, 5.74) is 0.196. The highest BCUT2D eigenvalue weighted by atomic mass is 35.5. The van der Waals surface area contributed by atoms with Gasteiger partial charge in [-0.3, -0.25) is 0 Å². The van der Waals surface area contributed by atoms with Gasteiger partial charge in [-0.15, -0.1) is 0 Å². The van der Waals surface area contributed by atoms with Crippen LogP contribution in [0.25, 0.3) is 0 Å². The van der Waals surface area contributed by atoms with E-state index >= 15 is 0 Å². The van der Waals surface area contributed by atoms with Crippen LogP contribution in [0.4, 0.5) is 4.39 Å². The SMILES string of the molecule is O=C1O[C@@]2(CCCN(S(=O)(=O)c3ccc(F)c(Cl)c3)C2)c2ccccc21. The van der Waals surface area contributed by atoms with Crippen molar-refractivity contribution in [1.82, 2.24) is 4.31 Å². The second-order valence-electron chi connectivity index (χ2n) is 6.45. The van der Waals surface area contributed by atoms with Crippen LogP contribution >= 0.6 is 11.6 Å². The number of sulfonamides is 1. The molecule has 2 aromatic carbocycles. The van der Waals surface area contributed by atoms with Crippen molar-refractivity contribution < 1.29 is 22.3 Å². The van der Waals surface area contributed by atoms with Gasteiger partial charge in [0, 0.05) is 12.1 Å². The first kappa shape index (κ1) is 17.5. The lowest BCUT2D eigenvalue weighted by atomic mass is 9.86. The summed E-state index contributed by atoms with van der Waals surface area (Å²) < 4.78 is 46.3. The molecule has 0 aliphatic carbocycles. The number of hydrogen-bond acceptors (Lipinski definition) is 4. The maximum Gasteiger partial charge on any atom is 0.339 e. The molecule has 5 nitrogen and oxygen atoms in total. The van der Waals surface area contributed by atoms with Crippen molar-refractivity contribution in [2.24, 2.45) is 0 Å². The summed E-state index contributed by atoms with van der Waals surface area (Å²) in [7, 11) is -3.89. The highest BCUT2D eigenvalue weighted by Crippen LogP contribution is 2.43. The Balaban J connectivity index is 1.72.